The standard InChI is InChI=1S/C20H22N2O8/c1-29-19(25)14-7-8-15(16(11-14)22(27)28)18(24)17(23)9-10-21-20(26)30-12-13-5-3-2-4-6-13/h2-8,11,17-18,23-24H,9-10,12H2,1H3,(H,21,26). The van der Waals surface area contributed by atoms with E-state index in [2.05, 4.69) is 10.1 Å². The summed E-state index contributed by atoms with van der Waals surface area (Å²) in [5, 5.41) is 34.2. The zero-order valence-corrected chi connectivity index (χ0v) is 16.2. The molecule has 2 rings (SSSR count). The maximum atomic E-state index is 11.7. The van der Waals surface area contributed by atoms with Crippen LogP contribution in [-0.2, 0) is 16.1 Å². The van der Waals surface area contributed by atoms with Gasteiger partial charge in [0.15, 0.2) is 0 Å². The molecule has 0 aromatic heterocycles. The number of ether oxygens (including phenoxy) is 2. The molecule has 2 aromatic rings. The van der Waals surface area contributed by atoms with Crippen LogP contribution in [0.5, 0.6) is 0 Å². The highest BCUT2D eigenvalue weighted by atomic mass is 16.6. The van der Waals surface area contributed by atoms with Crippen molar-refractivity contribution in [3.8, 4) is 0 Å². The number of nitro groups is 1. The van der Waals surface area contributed by atoms with Crippen molar-refractivity contribution in [3.05, 3.63) is 75.3 Å². The number of esters is 1. The molecule has 0 saturated carbocycles. The molecule has 30 heavy (non-hydrogen) atoms. The first-order chi connectivity index (χ1) is 14.3. The average molecular weight is 418 g/mol. The lowest BCUT2D eigenvalue weighted by Gasteiger charge is -2.18. The Labute approximate surface area is 172 Å². The number of hydrogen-bond donors (Lipinski definition) is 3. The Kier molecular flexibility index (Phi) is 8.27. The molecule has 0 bridgehead atoms. The Morgan fingerprint density at radius 1 is 1.17 bits per heavy atom. The summed E-state index contributed by atoms with van der Waals surface area (Å²) in [4.78, 5) is 33.8. The van der Waals surface area contributed by atoms with Crippen molar-refractivity contribution in [2.45, 2.75) is 25.2 Å². The fourth-order valence-electron chi connectivity index (χ4n) is 2.66. The molecule has 160 valence electrons. The zero-order chi connectivity index (χ0) is 22.1. The lowest BCUT2D eigenvalue weighted by Crippen LogP contribution is -2.30. The smallest absolute Gasteiger partial charge is 0.407 e. The van der Waals surface area contributed by atoms with Crippen LogP contribution in [0.4, 0.5) is 10.5 Å². The number of nitrogens with one attached hydrogen (secondary N) is 1. The highest BCUT2D eigenvalue weighted by Crippen LogP contribution is 2.29. The van der Waals surface area contributed by atoms with Gasteiger partial charge in [0.05, 0.1) is 29.3 Å². The number of rotatable bonds is 9. The number of carbonyl (C=O) groups is 2. The van der Waals surface area contributed by atoms with E-state index in [4.69, 9.17) is 4.74 Å². The van der Waals surface area contributed by atoms with Gasteiger partial charge in [-0.25, -0.2) is 9.59 Å². The number of benzene rings is 2. The van der Waals surface area contributed by atoms with Gasteiger partial charge < -0.3 is 25.0 Å². The van der Waals surface area contributed by atoms with E-state index >= 15 is 0 Å². The molecule has 0 fully saturated rings. The minimum Gasteiger partial charge on any atom is -0.465 e. The number of nitro benzene ring substituents is 1. The molecule has 2 aromatic carbocycles. The van der Waals surface area contributed by atoms with Gasteiger partial charge in [-0.3, -0.25) is 10.1 Å². The minimum atomic E-state index is -1.60. The molecule has 3 N–H and O–H groups in total. The van der Waals surface area contributed by atoms with Gasteiger partial charge in [-0.2, -0.15) is 0 Å². The van der Waals surface area contributed by atoms with E-state index in [-0.39, 0.29) is 30.7 Å². The first-order valence-electron chi connectivity index (χ1n) is 9.00. The third-order valence-electron chi connectivity index (χ3n) is 4.25. The summed E-state index contributed by atoms with van der Waals surface area (Å²) < 4.78 is 9.54. The zero-order valence-electron chi connectivity index (χ0n) is 16.2. The summed E-state index contributed by atoms with van der Waals surface area (Å²) in [5.41, 5.74) is 0.0646. The van der Waals surface area contributed by atoms with E-state index < -0.39 is 34.9 Å². The number of aliphatic hydroxyl groups excluding tert-OH is 2. The predicted octanol–water partition coefficient (Wildman–Crippen LogP) is 2.09. The van der Waals surface area contributed by atoms with Crippen molar-refractivity contribution in [3.63, 3.8) is 0 Å². The average Bonchev–Trinajstić information content (AvgIpc) is 2.76. The molecule has 2 atom stereocenters. The van der Waals surface area contributed by atoms with E-state index in [9.17, 15) is 29.9 Å². The number of alkyl carbamates (subject to hydrolysis) is 1. The van der Waals surface area contributed by atoms with Crippen molar-refractivity contribution in [1.29, 1.82) is 0 Å². The van der Waals surface area contributed by atoms with Crippen LogP contribution in [0, 0.1) is 10.1 Å². The Morgan fingerprint density at radius 3 is 2.50 bits per heavy atom. The van der Waals surface area contributed by atoms with E-state index in [1.54, 1.807) is 12.1 Å². The second-order valence-corrected chi connectivity index (χ2v) is 6.31. The summed E-state index contributed by atoms with van der Waals surface area (Å²) in [6.45, 7) is 0.0521. The van der Waals surface area contributed by atoms with E-state index in [1.165, 1.54) is 12.1 Å². The summed E-state index contributed by atoms with van der Waals surface area (Å²) >= 11 is 0. The summed E-state index contributed by atoms with van der Waals surface area (Å²) in [5.74, 6) is -0.766. The number of aliphatic hydroxyl groups is 2. The first-order valence-corrected chi connectivity index (χ1v) is 9.00. The van der Waals surface area contributed by atoms with Crippen molar-refractivity contribution in [1.82, 2.24) is 5.32 Å². The predicted molar refractivity (Wildman–Crippen MR) is 105 cm³/mol. The Morgan fingerprint density at radius 2 is 1.87 bits per heavy atom. The van der Waals surface area contributed by atoms with Gasteiger partial charge in [-0.15, -0.1) is 0 Å². The molecular weight excluding hydrogens is 396 g/mol. The van der Waals surface area contributed by atoms with Crippen LogP contribution in [0.1, 0.15) is 34.0 Å². The van der Waals surface area contributed by atoms with Gasteiger partial charge in [-0.05, 0) is 24.1 Å². The number of methoxy groups -OCH3 is 1. The van der Waals surface area contributed by atoms with Crippen LogP contribution in [-0.4, -0.2) is 47.0 Å². The Bertz CT molecular complexity index is 888. The molecular formula is C20H22N2O8. The Hall–Kier alpha value is -3.50. The number of nitrogens with zero attached hydrogens (tertiary/aromatic N) is 1. The largest absolute Gasteiger partial charge is 0.465 e. The highest BCUT2D eigenvalue weighted by molar-refractivity contribution is 5.90. The molecule has 2 unspecified atom stereocenters. The maximum Gasteiger partial charge on any atom is 0.407 e. The topological polar surface area (TPSA) is 148 Å². The molecule has 0 saturated heterocycles. The first kappa shape index (κ1) is 22.8. The van der Waals surface area contributed by atoms with E-state index in [0.29, 0.717) is 0 Å². The molecule has 10 nitrogen and oxygen atoms in total. The van der Waals surface area contributed by atoms with Crippen molar-refractivity contribution >= 4 is 17.7 Å². The van der Waals surface area contributed by atoms with Gasteiger partial charge in [0.1, 0.15) is 12.7 Å². The third kappa shape index (κ3) is 6.26. The molecule has 0 aliphatic heterocycles. The molecule has 0 aliphatic rings. The SMILES string of the molecule is COC(=O)c1ccc(C(O)C(O)CCNC(=O)OCc2ccccc2)c([N+](=O)[O-])c1. The molecule has 1 amide bonds. The van der Waals surface area contributed by atoms with Crippen LogP contribution in [0.15, 0.2) is 48.5 Å². The monoisotopic (exact) mass is 418 g/mol. The van der Waals surface area contributed by atoms with E-state index in [1.807, 2.05) is 18.2 Å². The summed E-state index contributed by atoms with van der Waals surface area (Å²) in [7, 11) is 1.14. The third-order valence-corrected chi connectivity index (χ3v) is 4.25. The summed E-state index contributed by atoms with van der Waals surface area (Å²) in [6, 6.07) is 12.5. The maximum absolute atomic E-state index is 11.7. The fraction of sp³-hybridized carbons (Fsp3) is 0.300. The van der Waals surface area contributed by atoms with Crippen LogP contribution < -0.4 is 5.32 Å². The van der Waals surface area contributed by atoms with Crippen molar-refractivity contribution in [2.75, 3.05) is 13.7 Å². The van der Waals surface area contributed by atoms with Crippen LogP contribution >= 0.6 is 0 Å². The van der Waals surface area contributed by atoms with Gasteiger partial charge in [-0.1, -0.05) is 30.3 Å². The van der Waals surface area contributed by atoms with Gasteiger partial charge >= 0.3 is 12.1 Å². The molecule has 0 spiro atoms. The lowest BCUT2D eigenvalue weighted by molar-refractivity contribution is -0.386. The highest BCUT2D eigenvalue weighted by Gasteiger charge is 2.27. The summed E-state index contributed by atoms with van der Waals surface area (Å²) in [6.07, 6.45) is -3.78. The van der Waals surface area contributed by atoms with Crippen LogP contribution in [0.2, 0.25) is 0 Å². The second-order valence-electron chi connectivity index (χ2n) is 6.31. The number of hydrogen-bond acceptors (Lipinski definition) is 8. The van der Waals surface area contributed by atoms with Gasteiger partial charge in [0.25, 0.3) is 5.69 Å². The minimum absolute atomic E-state index is 0.0279. The number of amides is 1. The Balaban J connectivity index is 1.90. The molecule has 0 heterocycles. The normalized spacial score (nSPS) is 12.5. The van der Waals surface area contributed by atoms with E-state index in [0.717, 1.165) is 18.7 Å². The molecule has 0 aliphatic carbocycles. The number of carbonyl (C=O) groups excluding carboxylic acids is 2. The fourth-order valence-corrected chi connectivity index (χ4v) is 2.66. The van der Waals surface area contributed by atoms with Crippen molar-refractivity contribution in [2.24, 2.45) is 0 Å². The van der Waals surface area contributed by atoms with Crippen LogP contribution in [0.3, 0.4) is 0 Å². The quantitative estimate of drug-likeness (QED) is 0.318. The van der Waals surface area contributed by atoms with Crippen LogP contribution in [0.25, 0.3) is 0 Å². The molecule has 10 heteroatoms. The second kappa shape index (κ2) is 10.9. The van der Waals surface area contributed by atoms with Gasteiger partial charge in [0, 0.05) is 12.6 Å². The van der Waals surface area contributed by atoms with Gasteiger partial charge in [0.2, 0.25) is 0 Å². The lowest BCUT2D eigenvalue weighted by atomic mass is 9.98. The molecule has 0 radical (unpaired) electrons. The van der Waals surface area contributed by atoms with Crippen molar-refractivity contribution < 1.29 is 34.2 Å².